The maximum absolute atomic E-state index is 12.9. The van der Waals surface area contributed by atoms with Crippen molar-refractivity contribution in [1.82, 2.24) is 4.90 Å². The Morgan fingerprint density at radius 3 is 2.63 bits per heavy atom. The first-order valence-corrected chi connectivity index (χ1v) is 6.35. The number of esters is 1. The molecule has 0 aromatic heterocycles. The molecule has 19 heavy (non-hydrogen) atoms. The van der Waals surface area contributed by atoms with Crippen molar-refractivity contribution in [3.8, 4) is 0 Å². The fourth-order valence-corrected chi connectivity index (χ4v) is 2.07. The normalized spacial score (nSPS) is 14.5. The van der Waals surface area contributed by atoms with Gasteiger partial charge in [-0.2, -0.15) is 0 Å². The van der Waals surface area contributed by atoms with Gasteiger partial charge in [-0.1, -0.05) is 11.6 Å². The van der Waals surface area contributed by atoms with Crippen LogP contribution in [0.15, 0.2) is 18.2 Å². The number of nitrogens with zero attached hydrogens (tertiary/aromatic N) is 1. The van der Waals surface area contributed by atoms with Gasteiger partial charge in [0.05, 0.1) is 10.6 Å². The second-order valence-corrected chi connectivity index (χ2v) is 4.70. The lowest BCUT2D eigenvalue weighted by Crippen LogP contribution is -2.32. The Bertz CT molecular complexity index is 501. The van der Waals surface area contributed by atoms with E-state index in [0.717, 1.165) is 18.9 Å². The first-order chi connectivity index (χ1) is 9.08. The van der Waals surface area contributed by atoms with E-state index in [1.165, 1.54) is 12.1 Å². The molecule has 0 radical (unpaired) electrons. The summed E-state index contributed by atoms with van der Waals surface area (Å²) >= 11 is 5.57. The van der Waals surface area contributed by atoms with Gasteiger partial charge in [-0.3, -0.25) is 4.79 Å². The molecule has 4 nitrogen and oxygen atoms in total. The Kier molecular flexibility index (Phi) is 4.37. The van der Waals surface area contributed by atoms with Crippen LogP contribution in [0.25, 0.3) is 0 Å². The van der Waals surface area contributed by atoms with Crippen molar-refractivity contribution in [1.29, 1.82) is 0 Å². The number of carbonyl (C=O) groups is 2. The average molecular weight is 286 g/mol. The minimum Gasteiger partial charge on any atom is -0.452 e. The number of carbonyl (C=O) groups excluding carboxylic acids is 2. The second-order valence-electron chi connectivity index (χ2n) is 4.29. The number of benzene rings is 1. The predicted octanol–water partition coefficient (Wildman–Crippen LogP) is 2.26. The molecule has 1 aliphatic rings. The van der Waals surface area contributed by atoms with Crippen LogP contribution in [0.3, 0.4) is 0 Å². The lowest BCUT2D eigenvalue weighted by molar-refractivity contribution is -0.133. The molecule has 0 unspecified atom stereocenters. The molecule has 0 spiro atoms. The molecular formula is C13H13ClFNO3. The van der Waals surface area contributed by atoms with Gasteiger partial charge in [-0.15, -0.1) is 0 Å². The van der Waals surface area contributed by atoms with Crippen molar-refractivity contribution in [2.75, 3.05) is 19.7 Å². The number of hydrogen-bond donors (Lipinski definition) is 0. The Morgan fingerprint density at radius 1 is 1.32 bits per heavy atom. The summed E-state index contributed by atoms with van der Waals surface area (Å²) in [6.45, 7) is 1.12. The highest BCUT2D eigenvalue weighted by atomic mass is 35.5. The van der Waals surface area contributed by atoms with Crippen molar-refractivity contribution in [2.45, 2.75) is 12.8 Å². The maximum atomic E-state index is 12.9. The fraction of sp³-hybridized carbons (Fsp3) is 0.385. The number of ether oxygens (including phenoxy) is 1. The summed E-state index contributed by atoms with van der Waals surface area (Å²) < 4.78 is 17.8. The molecule has 1 aromatic carbocycles. The second kappa shape index (κ2) is 6.02. The molecule has 1 aromatic rings. The molecule has 1 saturated heterocycles. The van der Waals surface area contributed by atoms with Crippen LogP contribution in [-0.2, 0) is 9.53 Å². The van der Waals surface area contributed by atoms with Crippen LogP contribution in [0.2, 0.25) is 5.02 Å². The molecular weight excluding hydrogens is 273 g/mol. The van der Waals surface area contributed by atoms with Gasteiger partial charge < -0.3 is 9.64 Å². The van der Waals surface area contributed by atoms with Crippen LogP contribution in [0.1, 0.15) is 23.2 Å². The van der Waals surface area contributed by atoms with Gasteiger partial charge in [-0.25, -0.2) is 9.18 Å². The van der Waals surface area contributed by atoms with Gasteiger partial charge in [0.25, 0.3) is 5.91 Å². The van der Waals surface area contributed by atoms with Crippen LogP contribution in [0, 0.1) is 5.82 Å². The van der Waals surface area contributed by atoms with Crippen LogP contribution in [-0.4, -0.2) is 36.5 Å². The molecule has 1 amide bonds. The number of hydrogen-bond acceptors (Lipinski definition) is 3. The summed E-state index contributed by atoms with van der Waals surface area (Å²) in [7, 11) is 0. The standard InChI is InChI=1S/C13H13ClFNO3/c14-10-7-9(3-4-11(10)15)13(18)19-8-12(17)16-5-1-2-6-16/h3-4,7H,1-2,5-6,8H2. The van der Waals surface area contributed by atoms with Gasteiger partial charge in [0.1, 0.15) is 5.82 Å². The van der Waals surface area contributed by atoms with E-state index in [4.69, 9.17) is 16.3 Å². The van der Waals surface area contributed by atoms with E-state index in [0.29, 0.717) is 13.1 Å². The predicted molar refractivity (Wildman–Crippen MR) is 67.5 cm³/mol. The van der Waals surface area contributed by atoms with Gasteiger partial charge in [0.15, 0.2) is 6.61 Å². The molecule has 0 N–H and O–H groups in total. The molecule has 1 fully saturated rings. The number of likely N-dealkylation sites (tertiary alicyclic amines) is 1. The molecule has 0 aliphatic carbocycles. The third-order valence-corrected chi connectivity index (χ3v) is 3.23. The van der Waals surface area contributed by atoms with Crippen molar-refractivity contribution in [3.05, 3.63) is 34.6 Å². The molecule has 2 rings (SSSR count). The average Bonchev–Trinajstić information content (AvgIpc) is 2.92. The summed E-state index contributed by atoms with van der Waals surface area (Å²) in [6.07, 6.45) is 1.96. The van der Waals surface area contributed by atoms with Gasteiger partial charge in [-0.05, 0) is 31.0 Å². The monoisotopic (exact) mass is 285 g/mol. The summed E-state index contributed by atoms with van der Waals surface area (Å²) in [6, 6.07) is 3.53. The van der Waals surface area contributed by atoms with Crippen molar-refractivity contribution in [2.24, 2.45) is 0 Å². The van der Waals surface area contributed by atoms with E-state index in [1.807, 2.05) is 0 Å². The van der Waals surface area contributed by atoms with Crippen LogP contribution >= 0.6 is 11.6 Å². The molecule has 102 valence electrons. The topological polar surface area (TPSA) is 46.6 Å². The third-order valence-electron chi connectivity index (χ3n) is 2.94. The quantitative estimate of drug-likeness (QED) is 0.800. The molecule has 1 heterocycles. The van der Waals surface area contributed by atoms with Crippen molar-refractivity contribution >= 4 is 23.5 Å². The number of rotatable bonds is 3. The SMILES string of the molecule is O=C(OCC(=O)N1CCCC1)c1ccc(F)c(Cl)c1. The molecule has 0 saturated carbocycles. The number of halogens is 2. The van der Waals surface area contributed by atoms with Gasteiger partial charge >= 0.3 is 5.97 Å². The third kappa shape index (κ3) is 3.44. The van der Waals surface area contributed by atoms with Crippen molar-refractivity contribution < 1.29 is 18.7 Å². The molecule has 0 bridgehead atoms. The molecule has 1 aliphatic heterocycles. The smallest absolute Gasteiger partial charge is 0.338 e. The van der Waals surface area contributed by atoms with Crippen molar-refractivity contribution in [3.63, 3.8) is 0 Å². The van der Waals surface area contributed by atoms with Crippen LogP contribution in [0.5, 0.6) is 0 Å². The minimum atomic E-state index is -0.686. The van der Waals surface area contributed by atoms with E-state index in [2.05, 4.69) is 0 Å². The Labute approximate surface area is 115 Å². The van der Waals surface area contributed by atoms with E-state index in [9.17, 15) is 14.0 Å². The van der Waals surface area contributed by atoms with E-state index in [1.54, 1.807) is 4.90 Å². The lowest BCUT2D eigenvalue weighted by atomic mass is 10.2. The Balaban J connectivity index is 1.90. The molecule has 6 heteroatoms. The van der Waals surface area contributed by atoms with E-state index in [-0.39, 0.29) is 23.1 Å². The van der Waals surface area contributed by atoms with E-state index >= 15 is 0 Å². The van der Waals surface area contributed by atoms with Gasteiger partial charge in [0.2, 0.25) is 0 Å². The molecule has 0 atom stereocenters. The van der Waals surface area contributed by atoms with Gasteiger partial charge in [0, 0.05) is 13.1 Å². The first kappa shape index (κ1) is 13.8. The zero-order valence-electron chi connectivity index (χ0n) is 10.2. The highest BCUT2D eigenvalue weighted by Gasteiger charge is 2.19. The zero-order valence-corrected chi connectivity index (χ0v) is 11.0. The fourth-order valence-electron chi connectivity index (χ4n) is 1.89. The highest BCUT2D eigenvalue weighted by molar-refractivity contribution is 6.31. The summed E-state index contributed by atoms with van der Waals surface area (Å²) in [5.41, 5.74) is 0.126. The lowest BCUT2D eigenvalue weighted by Gasteiger charge is -2.14. The zero-order chi connectivity index (χ0) is 13.8. The first-order valence-electron chi connectivity index (χ1n) is 5.98. The van der Waals surface area contributed by atoms with E-state index < -0.39 is 11.8 Å². The van der Waals surface area contributed by atoms with Crippen LogP contribution in [0.4, 0.5) is 4.39 Å². The Hall–Kier alpha value is -1.62. The van der Waals surface area contributed by atoms with Crippen LogP contribution < -0.4 is 0 Å². The minimum absolute atomic E-state index is 0.126. The Morgan fingerprint density at radius 2 is 2.00 bits per heavy atom. The largest absolute Gasteiger partial charge is 0.452 e. The summed E-state index contributed by atoms with van der Waals surface area (Å²) in [4.78, 5) is 25.0. The highest BCUT2D eigenvalue weighted by Crippen LogP contribution is 2.16. The summed E-state index contributed by atoms with van der Waals surface area (Å²) in [5, 5.41) is -0.152. The summed E-state index contributed by atoms with van der Waals surface area (Å²) in [5.74, 6) is -1.50. The maximum Gasteiger partial charge on any atom is 0.338 e. The number of amides is 1.